The molecule has 1 atom stereocenters. The number of carbonyl (C=O) groups is 1. The molecule has 0 aliphatic rings. The van der Waals surface area contributed by atoms with E-state index in [0.717, 1.165) is 0 Å². The van der Waals surface area contributed by atoms with E-state index in [1.165, 1.54) is 12.4 Å². The third-order valence-electron chi connectivity index (χ3n) is 2.29. The first-order chi connectivity index (χ1) is 8.18. The van der Waals surface area contributed by atoms with Gasteiger partial charge in [-0.2, -0.15) is 0 Å². The molecule has 1 heterocycles. The van der Waals surface area contributed by atoms with Crippen molar-refractivity contribution in [2.24, 2.45) is 0 Å². The molecule has 1 aromatic heterocycles. The third kappa shape index (κ3) is 2.60. The van der Waals surface area contributed by atoms with E-state index in [1.54, 1.807) is 30.3 Å². The molecule has 1 N–H and O–H groups in total. The predicted octanol–water partition coefficient (Wildman–Crippen LogP) is 2.35. The molecule has 2 rings (SSSR count). The van der Waals surface area contributed by atoms with Crippen molar-refractivity contribution >= 4 is 17.6 Å². The van der Waals surface area contributed by atoms with Crippen LogP contribution in [0.3, 0.4) is 0 Å². The molecule has 0 saturated carbocycles. The number of carboxylic acids is 1. The average molecular weight is 249 g/mol. The first kappa shape index (κ1) is 11.5. The zero-order valence-electron chi connectivity index (χ0n) is 8.75. The van der Waals surface area contributed by atoms with Gasteiger partial charge in [-0.3, -0.25) is 4.79 Å². The van der Waals surface area contributed by atoms with Gasteiger partial charge in [-0.25, -0.2) is 9.97 Å². The number of aromatic nitrogens is 2. The SMILES string of the molecule is O=C(O)C(c1ccc(Cl)cc1)c1ncccn1. The summed E-state index contributed by atoms with van der Waals surface area (Å²) in [6.07, 6.45) is 3.04. The molecule has 0 bridgehead atoms. The van der Waals surface area contributed by atoms with Gasteiger partial charge in [0, 0.05) is 17.4 Å². The lowest BCUT2D eigenvalue weighted by molar-refractivity contribution is -0.137. The second-order valence-corrected chi connectivity index (χ2v) is 3.87. The van der Waals surface area contributed by atoms with Crippen molar-refractivity contribution in [1.82, 2.24) is 9.97 Å². The van der Waals surface area contributed by atoms with E-state index in [-0.39, 0.29) is 5.82 Å². The minimum Gasteiger partial charge on any atom is -0.480 e. The van der Waals surface area contributed by atoms with Crippen LogP contribution in [0.4, 0.5) is 0 Å². The Kier molecular flexibility index (Phi) is 3.35. The highest BCUT2D eigenvalue weighted by atomic mass is 35.5. The molecule has 0 spiro atoms. The van der Waals surface area contributed by atoms with E-state index in [2.05, 4.69) is 9.97 Å². The van der Waals surface area contributed by atoms with Gasteiger partial charge in [-0.05, 0) is 23.8 Å². The topological polar surface area (TPSA) is 63.1 Å². The monoisotopic (exact) mass is 248 g/mol. The van der Waals surface area contributed by atoms with Gasteiger partial charge in [0.25, 0.3) is 0 Å². The summed E-state index contributed by atoms with van der Waals surface area (Å²) in [7, 11) is 0. The molecule has 86 valence electrons. The van der Waals surface area contributed by atoms with Crippen molar-refractivity contribution in [3.63, 3.8) is 0 Å². The van der Waals surface area contributed by atoms with Gasteiger partial charge in [0.05, 0.1) is 0 Å². The number of aliphatic carboxylic acids is 1. The molecule has 0 aliphatic heterocycles. The summed E-state index contributed by atoms with van der Waals surface area (Å²) in [6, 6.07) is 8.27. The zero-order valence-corrected chi connectivity index (χ0v) is 9.50. The number of hydrogen-bond donors (Lipinski definition) is 1. The Morgan fingerprint density at radius 1 is 1.18 bits per heavy atom. The van der Waals surface area contributed by atoms with Crippen LogP contribution in [0.2, 0.25) is 5.02 Å². The number of nitrogens with zero attached hydrogens (tertiary/aromatic N) is 2. The Labute approximate surface area is 103 Å². The molecule has 0 aliphatic carbocycles. The van der Waals surface area contributed by atoms with Crippen molar-refractivity contribution in [2.75, 3.05) is 0 Å². The van der Waals surface area contributed by atoms with E-state index < -0.39 is 11.9 Å². The number of hydrogen-bond acceptors (Lipinski definition) is 3. The Morgan fingerprint density at radius 3 is 2.29 bits per heavy atom. The standard InChI is InChI=1S/C12H9ClN2O2/c13-9-4-2-8(3-5-9)10(12(16)17)11-14-6-1-7-15-11/h1-7,10H,(H,16,17). The summed E-state index contributed by atoms with van der Waals surface area (Å²) in [4.78, 5) is 19.2. The quantitative estimate of drug-likeness (QED) is 0.906. The smallest absolute Gasteiger partial charge is 0.318 e. The summed E-state index contributed by atoms with van der Waals surface area (Å²) in [6.45, 7) is 0. The average Bonchev–Trinajstić information content (AvgIpc) is 2.33. The molecule has 2 aromatic rings. The van der Waals surface area contributed by atoms with Gasteiger partial charge >= 0.3 is 5.97 Å². The largest absolute Gasteiger partial charge is 0.480 e. The Morgan fingerprint density at radius 2 is 1.76 bits per heavy atom. The molecule has 5 heteroatoms. The minimum absolute atomic E-state index is 0.266. The van der Waals surface area contributed by atoms with Crippen LogP contribution in [-0.2, 0) is 4.79 Å². The molecular formula is C12H9ClN2O2. The van der Waals surface area contributed by atoms with Crippen LogP contribution in [0.25, 0.3) is 0 Å². The van der Waals surface area contributed by atoms with Crippen molar-refractivity contribution in [3.05, 3.63) is 59.1 Å². The number of carboxylic acid groups (broad SMARTS) is 1. The fourth-order valence-electron chi connectivity index (χ4n) is 1.52. The second-order valence-electron chi connectivity index (χ2n) is 3.43. The van der Waals surface area contributed by atoms with Crippen molar-refractivity contribution < 1.29 is 9.90 Å². The normalized spacial score (nSPS) is 12.1. The van der Waals surface area contributed by atoms with Gasteiger partial charge in [-0.1, -0.05) is 23.7 Å². The lowest BCUT2D eigenvalue weighted by Crippen LogP contribution is -2.15. The summed E-state index contributed by atoms with van der Waals surface area (Å²) in [5.41, 5.74) is 0.605. The van der Waals surface area contributed by atoms with E-state index in [0.29, 0.717) is 10.6 Å². The maximum atomic E-state index is 11.3. The maximum Gasteiger partial charge on any atom is 0.318 e. The van der Waals surface area contributed by atoms with Gasteiger partial charge in [-0.15, -0.1) is 0 Å². The maximum absolute atomic E-state index is 11.3. The Balaban J connectivity index is 2.43. The van der Waals surface area contributed by atoms with E-state index in [1.807, 2.05) is 0 Å². The van der Waals surface area contributed by atoms with E-state index in [4.69, 9.17) is 11.6 Å². The molecular weight excluding hydrogens is 240 g/mol. The molecule has 0 radical (unpaired) electrons. The summed E-state index contributed by atoms with van der Waals surface area (Å²) < 4.78 is 0. The van der Waals surface area contributed by atoms with Gasteiger partial charge in [0.2, 0.25) is 0 Å². The lowest BCUT2D eigenvalue weighted by atomic mass is 9.98. The zero-order chi connectivity index (χ0) is 12.3. The van der Waals surface area contributed by atoms with E-state index in [9.17, 15) is 9.90 Å². The van der Waals surface area contributed by atoms with Crippen molar-refractivity contribution in [3.8, 4) is 0 Å². The minimum atomic E-state index is -0.987. The van der Waals surface area contributed by atoms with E-state index >= 15 is 0 Å². The van der Waals surface area contributed by atoms with Gasteiger partial charge in [0.1, 0.15) is 11.7 Å². The van der Waals surface area contributed by atoms with Crippen LogP contribution in [-0.4, -0.2) is 21.0 Å². The summed E-state index contributed by atoms with van der Waals surface area (Å²) >= 11 is 5.76. The molecule has 0 fully saturated rings. The molecule has 1 unspecified atom stereocenters. The molecule has 1 aromatic carbocycles. The first-order valence-electron chi connectivity index (χ1n) is 4.93. The van der Waals surface area contributed by atoms with Crippen LogP contribution in [0.15, 0.2) is 42.7 Å². The van der Waals surface area contributed by atoms with Crippen LogP contribution in [0, 0.1) is 0 Å². The molecule has 0 saturated heterocycles. The fourth-order valence-corrected chi connectivity index (χ4v) is 1.64. The highest BCUT2D eigenvalue weighted by Gasteiger charge is 2.24. The van der Waals surface area contributed by atoms with Crippen LogP contribution in [0.1, 0.15) is 17.3 Å². The molecule has 17 heavy (non-hydrogen) atoms. The number of halogens is 1. The van der Waals surface area contributed by atoms with Crippen LogP contribution >= 0.6 is 11.6 Å². The van der Waals surface area contributed by atoms with Crippen LogP contribution < -0.4 is 0 Å². The summed E-state index contributed by atoms with van der Waals surface area (Å²) in [5.74, 6) is -1.59. The highest BCUT2D eigenvalue weighted by molar-refractivity contribution is 6.30. The Hall–Kier alpha value is -1.94. The third-order valence-corrected chi connectivity index (χ3v) is 2.55. The molecule has 0 amide bonds. The van der Waals surface area contributed by atoms with Gasteiger partial charge in [0.15, 0.2) is 0 Å². The van der Waals surface area contributed by atoms with Crippen molar-refractivity contribution in [2.45, 2.75) is 5.92 Å². The number of rotatable bonds is 3. The second kappa shape index (κ2) is 4.93. The van der Waals surface area contributed by atoms with Gasteiger partial charge < -0.3 is 5.11 Å². The van der Waals surface area contributed by atoms with Crippen molar-refractivity contribution in [1.29, 1.82) is 0 Å². The fraction of sp³-hybridized carbons (Fsp3) is 0.0833. The molecule has 4 nitrogen and oxygen atoms in total. The Bertz CT molecular complexity index is 514. The predicted molar refractivity (Wildman–Crippen MR) is 63.0 cm³/mol. The first-order valence-corrected chi connectivity index (χ1v) is 5.31. The lowest BCUT2D eigenvalue weighted by Gasteiger charge is -2.10. The summed E-state index contributed by atoms with van der Waals surface area (Å²) in [5, 5.41) is 9.80. The van der Waals surface area contributed by atoms with Crippen LogP contribution in [0.5, 0.6) is 0 Å². The number of benzene rings is 1. The highest BCUT2D eigenvalue weighted by Crippen LogP contribution is 2.23.